The van der Waals surface area contributed by atoms with Crippen molar-refractivity contribution in [2.75, 3.05) is 24.3 Å². The van der Waals surface area contributed by atoms with E-state index in [1.807, 2.05) is 0 Å². The van der Waals surface area contributed by atoms with E-state index in [0.29, 0.717) is 11.3 Å². The molecule has 2 N–H and O–H groups in total. The molecule has 0 aliphatic heterocycles. The molecule has 4 nitrogen and oxygen atoms in total. The Labute approximate surface area is 137 Å². The monoisotopic (exact) mass is 338 g/mol. The lowest BCUT2D eigenvalue weighted by Crippen LogP contribution is -2.19. The van der Waals surface area contributed by atoms with Crippen molar-refractivity contribution < 1.29 is 23.1 Å². The van der Waals surface area contributed by atoms with Crippen molar-refractivity contribution in [1.29, 1.82) is 0 Å². The van der Waals surface area contributed by atoms with Crippen molar-refractivity contribution in [2.24, 2.45) is 0 Å². The first-order chi connectivity index (χ1) is 11.2. The Morgan fingerprint density at radius 1 is 1.17 bits per heavy atom. The third kappa shape index (κ3) is 4.18. The summed E-state index contributed by atoms with van der Waals surface area (Å²) in [4.78, 5) is 13.8. The highest BCUT2D eigenvalue weighted by atomic mass is 19.4. The summed E-state index contributed by atoms with van der Waals surface area (Å²) >= 11 is 0. The van der Waals surface area contributed by atoms with Crippen LogP contribution in [0.15, 0.2) is 42.5 Å². The molecule has 0 saturated carbocycles. The van der Waals surface area contributed by atoms with Gasteiger partial charge in [0.2, 0.25) is 5.91 Å². The van der Waals surface area contributed by atoms with E-state index in [4.69, 9.17) is 0 Å². The van der Waals surface area contributed by atoms with E-state index in [0.717, 1.165) is 12.1 Å². The van der Waals surface area contributed by atoms with Crippen LogP contribution < -0.4 is 10.2 Å². The molecular weight excluding hydrogens is 321 g/mol. The van der Waals surface area contributed by atoms with E-state index in [1.165, 1.54) is 12.1 Å². The predicted molar refractivity (Wildman–Crippen MR) is 86.2 cm³/mol. The molecule has 7 heteroatoms. The molecule has 2 aromatic rings. The molecule has 1 amide bonds. The Morgan fingerprint density at radius 3 is 2.42 bits per heavy atom. The molecule has 0 fully saturated rings. The van der Waals surface area contributed by atoms with E-state index >= 15 is 0 Å². The number of anilines is 2. The van der Waals surface area contributed by atoms with Gasteiger partial charge < -0.3 is 15.3 Å². The molecule has 0 radical (unpaired) electrons. The highest BCUT2D eigenvalue weighted by Gasteiger charge is 2.31. The number of hydrogen-bond donors (Lipinski definition) is 2. The minimum Gasteiger partial charge on any atom is -0.508 e. The predicted octanol–water partition coefficient (Wildman–Crippen LogP) is 3.66. The smallest absolute Gasteiger partial charge is 0.416 e. The summed E-state index contributed by atoms with van der Waals surface area (Å²) in [6.07, 6.45) is -4.64. The Kier molecular flexibility index (Phi) is 5.02. The van der Waals surface area contributed by atoms with Crippen LogP contribution in [0.5, 0.6) is 5.75 Å². The number of hydrogen-bond acceptors (Lipinski definition) is 3. The molecule has 2 aromatic carbocycles. The molecule has 128 valence electrons. The number of para-hydroxylation sites is 1. The number of benzene rings is 2. The maximum atomic E-state index is 12.9. The van der Waals surface area contributed by atoms with E-state index in [9.17, 15) is 23.1 Å². The summed E-state index contributed by atoms with van der Waals surface area (Å²) in [6, 6.07) is 9.47. The first kappa shape index (κ1) is 17.7. The van der Waals surface area contributed by atoms with Gasteiger partial charge in [0.1, 0.15) is 5.75 Å². The normalized spacial score (nSPS) is 11.2. The van der Waals surface area contributed by atoms with Crippen LogP contribution in [0.1, 0.15) is 11.1 Å². The van der Waals surface area contributed by atoms with Crippen LogP contribution in [0.2, 0.25) is 0 Å². The lowest BCUT2D eigenvalue weighted by molar-refractivity contribution is -0.137. The lowest BCUT2D eigenvalue weighted by Gasteiger charge is -2.20. The maximum Gasteiger partial charge on any atom is 0.416 e. The molecule has 24 heavy (non-hydrogen) atoms. The van der Waals surface area contributed by atoms with Gasteiger partial charge in [-0.15, -0.1) is 0 Å². The fourth-order valence-electron chi connectivity index (χ4n) is 2.23. The van der Waals surface area contributed by atoms with Gasteiger partial charge >= 0.3 is 6.18 Å². The van der Waals surface area contributed by atoms with Gasteiger partial charge in [-0.05, 0) is 24.3 Å². The standard InChI is InChI=1S/C17H17F3N2O2/c1-22(2)14-8-7-12(17(18,19)20)10-13(14)21-16(24)9-11-5-3-4-6-15(11)23/h3-8,10,23H,9H2,1-2H3,(H,21,24). The number of halogens is 3. The van der Waals surface area contributed by atoms with Crippen molar-refractivity contribution in [3.05, 3.63) is 53.6 Å². The third-order valence-corrected chi connectivity index (χ3v) is 3.42. The van der Waals surface area contributed by atoms with Crippen LogP contribution in [-0.4, -0.2) is 25.1 Å². The Balaban J connectivity index is 2.26. The number of aromatic hydroxyl groups is 1. The summed E-state index contributed by atoms with van der Waals surface area (Å²) < 4.78 is 38.6. The fourth-order valence-corrected chi connectivity index (χ4v) is 2.23. The zero-order valence-electron chi connectivity index (χ0n) is 13.2. The van der Waals surface area contributed by atoms with Crippen LogP contribution in [0.25, 0.3) is 0 Å². The molecule has 0 heterocycles. The Bertz CT molecular complexity index is 743. The summed E-state index contributed by atoms with van der Waals surface area (Å²) in [5.41, 5.74) is 0.0724. The minimum absolute atomic E-state index is 0.0375. The van der Waals surface area contributed by atoms with Gasteiger partial charge in [0.15, 0.2) is 0 Å². The number of alkyl halides is 3. The van der Waals surface area contributed by atoms with E-state index in [2.05, 4.69) is 5.32 Å². The third-order valence-electron chi connectivity index (χ3n) is 3.42. The van der Waals surface area contributed by atoms with Gasteiger partial charge in [-0.3, -0.25) is 4.79 Å². The number of phenols is 1. The van der Waals surface area contributed by atoms with Crippen LogP contribution in [-0.2, 0) is 17.4 Å². The first-order valence-electron chi connectivity index (χ1n) is 7.14. The fraction of sp³-hybridized carbons (Fsp3) is 0.235. The van der Waals surface area contributed by atoms with Gasteiger partial charge in [-0.25, -0.2) is 0 Å². The summed E-state index contributed by atoms with van der Waals surface area (Å²) in [6.45, 7) is 0. The highest BCUT2D eigenvalue weighted by Crippen LogP contribution is 2.35. The molecule has 0 aliphatic rings. The number of rotatable bonds is 4. The maximum absolute atomic E-state index is 12.9. The van der Waals surface area contributed by atoms with Gasteiger partial charge in [-0.1, -0.05) is 18.2 Å². The Hall–Kier alpha value is -2.70. The van der Waals surface area contributed by atoms with Crippen molar-refractivity contribution in [1.82, 2.24) is 0 Å². The highest BCUT2D eigenvalue weighted by molar-refractivity contribution is 5.96. The molecular formula is C17H17F3N2O2. The number of nitrogens with one attached hydrogen (secondary N) is 1. The topological polar surface area (TPSA) is 52.6 Å². The molecule has 0 spiro atoms. The van der Waals surface area contributed by atoms with E-state index in [-0.39, 0.29) is 17.9 Å². The zero-order valence-corrected chi connectivity index (χ0v) is 13.2. The SMILES string of the molecule is CN(C)c1ccc(C(F)(F)F)cc1NC(=O)Cc1ccccc1O. The lowest BCUT2D eigenvalue weighted by atomic mass is 10.1. The van der Waals surface area contributed by atoms with Gasteiger partial charge in [0, 0.05) is 19.7 Å². The summed E-state index contributed by atoms with van der Waals surface area (Å²) in [5, 5.41) is 12.2. The second-order valence-electron chi connectivity index (χ2n) is 5.48. The number of carbonyl (C=O) groups is 1. The van der Waals surface area contributed by atoms with Crippen molar-refractivity contribution in [2.45, 2.75) is 12.6 Å². The molecule has 2 rings (SSSR count). The average Bonchev–Trinajstić information content (AvgIpc) is 2.48. The van der Waals surface area contributed by atoms with E-state index in [1.54, 1.807) is 37.2 Å². The molecule has 0 aromatic heterocycles. The van der Waals surface area contributed by atoms with Crippen LogP contribution in [0, 0.1) is 0 Å². The first-order valence-corrected chi connectivity index (χ1v) is 7.14. The number of nitrogens with zero attached hydrogens (tertiary/aromatic N) is 1. The van der Waals surface area contributed by atoms with Crippen LogP contribution in [0.4, 0.5) is 24.5 Å². The second-order valence-corrected chi connectivity index (χ2v) is 5.48. The molecule has 0 unspecified atom stereocenters. The quantitative estimate of drug-likeness (QED) is 0.895. The van der Waals surface area contributed by atoms with Gasteiger partial charge in [-0.2, -0.15) is 13.2 Å². The largest absolute Gasteiger partial charge is 0.508 e. The molecule has 0 saturated heterocycles. The van der Waals surface area contributed by atoms with Gasteiger partial charge in [0.25, 0.3) is 0 Å². The molecule has 0 bridgehead atoms. The zero-order chi connectivity index (χ0) is 17.9. The number of phenolic OH excluding ortho intramolecular Hbond substituents is 1. The van der Waals surface area contributed by atoms with Crippen LogP contribution in [0.3, 0.4) is 0 Å². The number of carbonyl (C=O) groups excluding carboxylic acids is 1. The van der Waals surface area contributed by atoms with Crippen molar-refractivity contribution in [3.63, 3.8) is 0 Å². The Morgan fingerprint density at radius 2 is 1.83 bits per heavy atom. The molecule has 0 atom stereocenters. The van der Waals surface area contributed by atoms with Crippen LogP contribution >= 0.6 is 0 Å². The summed E-state index contributed by atoms with van der Waals surface area (Å²) in [5.74, 6) is -0.552. The molecule has 0 aliphatic carbocycles. The minimum atomic E-state index is -4.50. The van der Waals surface area contributed by atoms with E-state index < -0.39 is 17.6 Å². The van der Waals surface area contributed by atoms with Crippen molar-refractivity contribution in [3.8, 4) is 5.75 Å². The van der Waals surface area contributed by atoms with Crippen molar-refractivity contribution >= 4 is 17.3 Å². The second kappa shape index (κ2) is 6.82. The number of amides is 1. The summed E-state index contributed by atoms with van der Waals surface area (Å²) in [7, 11) is 3.34. The van der Waals surface area contributed by atoms with Gasteiger partial charge in [0.05, 0.1) is 23.4 Å². The average molecular weight is 338 g/mol.